The van der Waals surface area contributed by atoms with Crippen molar-refractivity contribution in [2.75, 3.05) is 25.6 Å². The zero-order valence-corrected chi connectivity index (χ0v) is 21.2. The van der Waals surface area contributed by atoms with E-state index in [1.165, 1.54) is 0 Å². The third-order valence-corrected chi connectivity index (χ3v) is 6.14. The van der Waals surface area contributed by atoms with Gasteiger partial charge in [0.15, 0.2) is 6.10 Å². The average Bonchev–Trinajstić information content (AvgIpc) is 2.75. The van der Waals surface area contributed by atoms with E-state index in [0.29, 0.717) is 13.0 Å². The van der Waals surface area contributed by atoms with Crippen molar-refractivity contribution in [3.05, 3.63) is 29.8 Å². The molecule has 1 saturated heterocycles. The molecule has 0 bridgehead atoms. The van der Waals surface area contributed by atoms with E-state index in [9.17, 15) is 15.0 Å². The predicted molar refractivity (Wildman–Crippen MR) is 126 cm³/mol. The first kappa shape index (κ1) is 27.5. The lowest BCUT2D eigenvalue weighted by Crippen LogP contribution is -2.66. The van der Waals surface area contributed by atoms with Crippen molar-refractivity contribution in [3.63, 3.8) is 0 Å². The smallest absolute Gasteiger partial charge is 0.338 e. The Bertz CT molecular complexity index is 780. The Morgan fingerprint density at radius 1 is 1.12 bits per heavy atom. The fraction of sp³-hybridized carbons (Fsp3) is 0.720. The number of benzene rings is 1. The van der Waals surface area contributed by atoms with Gasteiger partial charge in [0.05, 0.1) is 11.2 Å². The fourth-order valence-electron chi connectivity index (χ4n) is 3.83. The first-order valence-electron chi connectivity index (χ1n) is 11.6. The number of rotatable bonds is 10. The monoisotopic (exact) mass is 467 g/mol. The molecule has 0 aromatic heterocycles. The summed E-state index contributed by atoms with van der Waals surface area (Å²) in [5.41, 5.74) is 0.220. The zero-order chi connectivity index (χ0) is 25.0. The van der Waals surface area contributed by atoms with E-state index in [2.05, 4.69) is 0 Å². The maximum Gasteiger partial charge on any atom is 0.338 e. The van der Waals surface area contributed by atoms with Crippen LogP contribution in [0.1, 0.15) is 53.5 Å². The van der Waals surface area contributed by atoms with E-state index in [1.54, 1.807) is 13.8 Å². The molecule has 0 spiro atoms. The van der Waals surface area contributed by atoms with Gasteiger partial charge >= 0.3 is 5.97 Å². The first-order chi connectivity index (χ1) is 15.3. The summed E-state index contributed by atoms with van der Waals surface area (Å²) in [7, 11) is 3.87. The Balaban J connectivity index is 2.27. The number of carbonyl (C=O) groups is 1. The van der Waals surface area contributed by atoms with E-state index >= 15 is 0 Å². The summed E-state index contributed by atoms with van der Waals surface area (Å²) >= 11 is 0. The number of hydrogen-bond acceptors (Lipinski definition) is 8. The molecular formula is C25H41NO7. The van der Waals surface area contributed by atoms with Gasteiger partial charge in [-0.2, -0.15) is 0 Å². The fourth-order valence-corrected chi connectivity index (χ4v) is 3.83. The summed E-state index contributed by atoms with van der Waals surface area (Å²) in [5.74, 6) is -0.662. The van der Waals surface area contributed by atoms with Crippen LogP contribution in [0.5, 0.6) is 0 Å². The minimum absolute atomic E-state index is 0.0441. The van der Waals surface area contributed by atoms with E-state index in [0.717, 1.165) is 11.3 Å². The topological polar surface area (TPSA) is 97.7 Å². The van der Waals surface area contributed by atoms with Crippen molar-refractivity contribution in [1.82, 2.24) is 0 Å². The standard InChI is InChI=1S/C25H41NO7/c1-9-24(3,4)33-20-18(27)19(28)22(25(5,6)31-10-2)32-21(20)23(29)30-15-16-12-11-13-17(14-16)26(7)8/h11-14,18-22,27-28H,9-10,15H2,1-8H3/t18-,19?,20+,21?,22?/m1/s1. The van der Waals surface area contributed by atoms with Crippen LogP contribution in [0, 0.1) is 0 Å². The minimum atomic E-state index is -1.36. The SMILES string of the molecule is CCOC(C)(C)C1OC(C(=O)OCc2cccc(N(C)C)c2)[C@@H](OC(C)(C)CC)[C@H](O)C1O. The van der Waals surface area contributed by atoms with Crippen LogP contribution in [0.4, 0.5) is 5.69 Å². The van der Waals surface area contributed by atoms with Crippen LogP contribution in [0.25, 0.3) is 0 Å². The van der Waals surface area contributed by atoms with Crippen molar-refractivity contribution in [1.29, 1.82) is 0 Å². The first-order valence-corrected chi connectivity index (χ1v) is 11.6. The number of hydrogen-bond donors (Lipinski definition) is 2. The molecule has 1 aromatic carbocycles. The van der Waals surface area contributed by atoms with E-state index in [4.69, 9.17) is 18.9 Å². The molecule has 8 nitrogen and oxygen atoms in total. The second-order valence-corrected chi connectivity index (χ2v) is 9.86. The molecular weight excluding hydrogens is 426 g/mol. The Labute approximate surface area is 197 Å². The third-order valence-electron chi connectivity index (χ3n) is 6.14. The highest BCUT2D eigenvalue weighted by Crippen LogP contribution is 2.34. The molecule has 1 aliphatic rings. The second kappa shape index (κ2) is 11.1. The van der Waals surface area contributed by atoms with Crippen molar-refractivity contribution in [2.45, 2.75) is 96.3 Å². The van der Waals surface area contributed by atoms with Gasteiger partial charge in [-0.25, -0.2) is 4.79 Å². The molecule has 1 fully saturated rings. The minimum Gasteiger partial charge on any atom is -0.459 e. The maximum atomic E-state index is 13.2. The Morgan fingerprint density at radius 2 is 1.79 bits per heavy atom. The Morgan fingerprint density at radius 3 is 2.36 bits per heavy atom. The lowest BCUT2D eigenvalue weighted by Gasteiger charge is -2.48. The van der Waals surface area contributed by atoms with Crippen LogP contribution < -0.4 is 4.90 Å². The lowest BCUT2D eigenvalue weighted by atomic mass is 9.86. The summed E-state index contributed by atoms with van der Waals surface area (Å²) in [6.07, 6.45) is -5.29. The van der Waals surface area contributed by atoms with Gasteiger partial charge in [0, 0.05) is 26.4 Å². The normalized spacial score (nSPS) is 26.2. The summed E-state index contributed by atoms with van der Waals surface area (Å²) in [4.78, 5) is 15.1. The van der Waals surface area contributed by atoms with Crippen molar-refractivity contribution < 1.29 is 34.0 Å². The largest absolute Gasteiger partial charge is 0.459 e. The number of esters is 1. The van der Waals surface area contributed by atoms with Crippen molar-refractivity contribution >= 4 is 11.7 Å². The van der Waals surface area contributed by atoms with E-state index in [-0.39, 0.29) is 6.61 Å². The highest BCUT2D eigenvalue weighted by molar-refractivity contribution is 5.76. The third kappa shape index (κ3) is 6.90. The molecule has 1 aliphatic heterocycles. The molecule has 0 amide bonds. The van der Waals surface area contributed by atoms with Crippen LogP contribution in [0.3, 0.4) is 0 Å². The summed E-state index contributed by atoms with van der Waals surface area (Å²) in [5, 5.41) is 21.8. The molecule has 2 rings (SSSR count). The second-order valence-electron chi connectivity index (χ2n) is 9.86. The van der Waals surface area contributed by atoms with Gasteiger partial charge in [0.2, 0.25) is 0 Å². The molecule has 3 unspecified atom stereocenters. The average molecular weight is 468 g/mol. The van der Waals surface area contributed by atoms with Gasteiger partial charge < -0.3 is 34.1 Å². The molecule has 33 heavy (non-hydrogen) atoms. The number of aliphatic hydroxyl groups excluding tert-OH is 2. The number of nitrogens with zero attached hydrogens (tertiary/aromatic N) is 1. The summed E-state index contributed by atoms with van der Waals surface area (Å²) in [6, 6.07) is 7.66. The van der Waals surface area contributed by atoms with Crippen LogP contribution in [0.2, 0.25) is 0 Å². The predicted octanol–water partition coefficient (Wildman–Crippen LogP) is 2.67. The molecule has 2 N–H and O–H groups in total. The molecule has 0 radical (unpaired) electrons. The van der Waals surface area contributed by atoms with Crippen molar-refractivity contribution in [3.8, 4) is 0 Å². The maximum absolute atomic E-state index is 13.2. The van der Waals surface area contributed by atoms with Gasteiger partial charge in [-0.15, -0.1) is 0 Å². The molecule has 1 heterocycles. The highest BCUT2D eigenvalue weighted by Gasteiger charge is 2.54. The van der Waals surface area contributed by atoms with Crippen molar-refractivity contribution in [2.24, 2.45) is 0 Å². The number of aliphatic hydroxyl groups is 2. The van der Waals surface area contributed by atoms with E-state index < -0.39 is 47.7 Å². The Kier molecular flexibility index (Phi) is 9.30. The molecule has 0 saturated carbocycles. The molecule has 1 aromatic rings. The highest BCUT2D eigenvalue weighted by atomic mass is 16.6. The number of ether oxygens (including phenoxy) is 4. The van der Waals surface area contributed by atoms with Gasteiger partial charge in [0.25, 0.3) is 0 Å². The lowest BCUT2D eigenvalue weighted by molar-refractivity contribution is -0.287. The summed E-state index contributed by atoms with van der Waals surface area (Å²) in [6.45, 7) is 11.4. The number of carbonyl (C=O) groups excluding carboxylic acids is 1. The van der Waals surface area contributed by atoms with Gasteiger partial charge in [-0.05, 0) is 58.7 Å². The Hall–Kier alpha value is -1.71. The van der Waals surface area contributed by atoms with Gasteiger partial charge in [-0.1, -0.05) is 19.1 Å². The van der Waals surface area contributed by atoms with Crippen LogP contribution >= 0.6 is 0 Å². The van der Waals surface area contributed by atoms with Crippen LogP contribution in [0.15, 0.2) is 24.3 Å². The molecule has 0 aliphatic carbocycles. The summed E-state index contributed by atoms with van der Waals surface area (Å²) < 4.78 is 23.5. The quantitative estimate of drug-likeness (QED) is 0.507. The van der Waals surface area contributed by atoms with Crippen LogP contribution in [-0.4, -0.2) is 78.6 Å². The van der Waals surface area contributed by atoms with Gasteiger partial charge in [0.1, 0.15) is 31.0 Å². The number of anilines is 1. The van der Waals surface area contributed by atoms with Gasteiger partial charge in [-0.3, -0.25) is 0 Å². The van der Waals surface area contributed by atoms with Crippen LogP contribution in [-0.2, 0) is 30.3 Å². The molecule has 5 atom stereocenters. The zero-order valence-electron chi connectivity index (χ0n) is 21.2. The molecule has 8 heteroatoms. The molecule has 188 valence electrons. The van der Waals surface area contributed by atoms with E-state index in [1.807, 2.05) is 71.0 Å².